The first-order chi connectivity index (χ1) is 30.8. The summed E-state index contributed by atoms with van der Waals surface area (Å²) < 4.78 is 4.83. The number of aromatic nitrogens is 4. The number of benzene rings is 10. The molecule has 0 aliphatic heterocycles. The van der Waals surface area contributed by atoms with E-state index >= 15 is 0 Å². The molecular weight excluding hydrogens is 773 g/mol. The summed E-state index contributed by atoms with van der Waals surface area (Å²) in [5.41, 5.74) is 8.57. The molecule has 10 aromatic carbocycles. The lowest BCUT2D eigenvalue weighted by molar-refractivity contribution is 0.954. The minimum atomic E-state index is 0.568. The number of nitrogens with zero attached hydrogens (tertiary/aromatic N) is 4. The quantitative estimate of drug-likeness (QED) is 0.163. The SMILES string of the molecule is c1ccc(-c2nc(-c3ccc4c5ccccc5c5ccccc5c4c3)nc(-n3c4ccccc4c4c(-c5ccccc5)ccc(-c5cccc6c5sc5ccccc56)c43)n2)cc1. The topological polar surface area (TPSA) is 43.6 Å². The fourth-order valence-electron chi connectivity index (χ4n) is 9.70. The third-order valence-electron chi connectivity index (χ3n) is 12.5. The van der Waals surface area contributed by atoms with Crippen LogP contribution in [-0.4, -0.2) is 19.5 Å². The van der Waals surface area contributed by atoms with Crippen molar-refractivity contribution < 1.29 is 0 Å². The molecule has 0 aliphatic rings. The molecule has 13 rings (SSSR count). The van der Waals surface area contributed by atoms with Crippen molar-refractivity contribution in [1.82, 2.24) is 19.5 Å². The molecule has 4 nitrogen and oxygen atoms in total. The van der Waals surface area contributed by atoms with Crippen molar-refractivity contribution in [3.8, 4) is 51.0 Å². The van der Waals surface area contributed by atoms with Gasteiger partial charge in [0.05, 0.1) is 11.0 Å². The highest BCUT2D eigenvalue weighted by atomic mass is 32.1. The van der Waals surface area contributed by atoms with Crippen LogP contribution < -0.4 is 0 Å². The van der Waals surface area contributed by atoms with Crippen LogP contribution in [0, 0.1) is 0 Å². The first kappa shape index (κ1) is 34.8. The lowest BCUT2D eigenvalue weighted by Gasteiger charge is -2.15. The zero-order chi connectivity index (χ0) is 40.7. The van der Waals surface area contributed by atoms with Crippen LogP contribution >= 0.6 is 11.3 Å². The zero-order valence-electron chi connectivity index (χ0n) is 33.3. The highest BCUT2D eigenvalue weighted by molar-refractivity contribution is 7.26. The standard InChI is InChI=1S/C57H34N4S/c1-3-16-35(17-4-1)38-32-33-45(47-27-15-26-46-44-24-12-14-29-51(44)62-54(46)47)53-52(38)48-25-11-13-28-50(48)61(53)57-59-55(36-18-5-2-6-19-36)58-56(60-57)37-30-31-43-41-22-8-7-20-39(41)40-21-9-10-23-42(40)49(43)34-37/h1-34H. The largest absolute Gasteiger partial charge is 0.277 e. The van der Waals surface area contributed by atoms with Gasteiger partial charge in [0.1, 0.15) is 0 Å². The van der Waals surface area contributed by atoms with Crippen LogP contribution in [0.4, 0.5) is 0 Å². The van der Waals surface area contributed by atoms with Crippen molar-refractivity contribution in [2.75, 3.05) is 0 Å². The Morgan fingerprint density at radius 3 is 1.61 bits per heavy atom. The molecule has 0 amide bonds. The van der Waals surface area contributed by atoms with Crippen LogP contribution in [0.15, 0.2) is 206 Å². The predicted molar refractivity (Wildman–Crippen MR) is 261 cm³/mol. The van der Waals surface area contributed by atoms with Gasteiger partial charge in [-0.3, -0.25) is 4.57 Å². The molecular formula is C57H34N4S. The average Bonchev–Trinajstić information content (AvgIpc) is 3.91. The molecule has 0 saturated heterocycles. The highest BCUT2D eigenvalue weighted by Crippen LogP contribution is 2.47. The van der Waals surface area contributed by atoms with Crippen LogP contribution in [0.2, 0.25) is 0 Å². The smallest absolute Gasteiger partial charge is 0.238 e. The van der Waals surface area contributed by atoms with Crippen LogP contribution in [0.3, 0.4) is 0 Å². The highest BCUT2D eigenvalue weighted by Gasteiger charge is 2.24. The number of fused-ring (bicyclic) bond motifs is 12. The summed E-state index contributed by atoms with van der Waals surface area (Å²) in [7, 11) is 0. The molecule has 0 aliphatic carbocycles. The Balaban J connectivity index is 1.15. The molecule has 0 atom stereocenters. The molecule has 0 unspecified atom stereocenters. The Morgan fingerprint density at radius 1 is 0.339 bits per heavy atom. The van der Waals surface area contributed by atoms with Gasteiger partial charge in [0.15, 0.2) is 11.6 Å². The number of hydrogen-bond donors (Lipinski definition) is 0. The first-order valence-electron chi connectivity index (χ1n) is 20.9. The Labute approximate surface area is 360 Å². The number of thiophene rings is 1. The molecule has 5 heteroatoms. The summed E-state index contributed by atoms with van der Waals surface area (Å²) >= 11 is 1.85. The van der Waals surface area contributed by atoms with Gasteiger partial charge in [-0.1, -0.05) is 188 Å². The summed E-state index contributed by atoms with van der Waals surface area (Å²) in [4.78, 5) is 16.2. The number of hydrogen-bond acceptors (Lipinski definition) is 4. The summed E-state index contributed by atoms with van der Waals surface area (Å²) in [6.45, 7) is 0. The fourth-order valence-corrected chi connectivity index (χ4v) is 10.9. The van der Waals surface area contributed by atoms with Gasteiger partial charge in [-0.05, 0) is 61.6 Å². The van der Waals surface area contributed by atoms with Gasteiger partial charge in [0, 0.05) is 53.2 Å². The molecule has 0 fully saturated rings. The minimum absolute atomic E-state index is 0.568. The number of rotatable bonds is 5. The monoisotopic (exact) mass is 806 g/mol. The molecule has 0 spiro atoms. The van der Waals surface area contributed by atoms with Crippen LogP contribution in [0.5, 0.6) is 0 Å². The fraction of sp³-hybridized carbons (Fsp3) is 0. The van der Waals surface area contributed by atoms with Crippen LogP contribution in [0.25, 0.3) is 125 Å². The summed E-state index contributed by atoms with van der Waals surface area (Å²) in [6, 6.07) is 73.8. The van der Waals surface area contributed by atoms with E-state index in [4.69, 9.17) is 15.0 Å². The van der Waals surface area contributed by atoms with E-state index in [1.54, 1.807) is 0 Å². The van der Waals surface area contributed by atoms with Crippen molar-refractivity contribution in [2.45, 2.75) is 0 Å². The molecule has 13 aromatic rings. The number of para-hydroxylation sites is 1. The van der Waals surface area contributed by atoms with Gasteiger partial charge in [-0.2, -0.15) is 9.97 Å². The van der Waals surface area contributed by atoms with E-state index in [0.29, 0.717) is 17.6 Å². The molecule has 3 heterocycles. The van der Waals surface area contributed by atoms with Gasteiger partial charge in [0.2, 0.25) is 5.95 Å². The Kier molecular flexibility index (Phi) is 7.74. The Bertz CT molecular complexity index is 3890. The van der Waals surface area contributed by atoms with Crippen molar-refractivity contribution in [3.05, 3.63) is 206 Å². The van der Waals surface area contributed by atoms with Crippen molar-refractivity contribution in [1.29, 1.82) is 0 Å². The second kappa shape index (κ2) is 13.8. The molecule has 0 N–H and O–H groups in total. The molecule has 0 saturated carbocycles. The summed E-state index contributed by atoms with van der Waals surface area (Å²) in [6.07, 6.45) is 0. The van der Waals surface area contributed by atoms with E-state index in [2.05, 4.69) is 193 Å². The second-order valence-electron chi connectivity index (χ2n) is 15.9. The van der Waals surface area contributed by atoms with Crippen molar-refractivity contribution in [2.24, 2.45) is 0 Å². The maximum Gasteiger partial charge on any atom is 0.238 e. The average molecular weight is 807 g/mol. The van der Waals surface area contributed by atoms with E-state index in [-0.39, 0.29) is 0 Å². The van der Waals surface area contributed by atoms with E-state index in [1.807, 2.05) is 29.5 Å². The molecule has 62 heavy (non-hydrogen) atoms. The predicted octanol–water partition coefficient (Wildman–Crippen LogP) is 15.5. The Morgan fingerprint density at radius 2 is 0.887 bits per heavy atom. The van der Waals surface area contributed by atoms with Gasteiger partial charge in [0.25, 0.3) is 0 Å². The van der Waals surface area contributed by atoms with Gasteiger partial charge >= 0.3 is 0 Å². The minimum Gasteiger partial charge on any atom is -0.277 e. The molecule has 288 valence electrons. The molecule has 3 aromatic heterocycles. The first-order valence-corrected chi connectivity index (χ1v) is 21.8. The summed E-state index contributed by atoms with van der Waals surface area (Å²) in [5.74, 6) is 1.80. The van der Waals surface area contributed by atoms with E-state index < -0.39 is 0 Å². The third-order valence-corrected chi connectivity index (χ3v) is 13.7. The lowest BCUT2D eigenvalue weighted by atomic mass is 9.93. The second-order valence-corrected chi connectivity index (χ2v) is 16.9. The van der Waals surface area contributed by atoms with Gasteiger partial charge < -0.3 is 0 Å². The van der Waals surface area contributed by atoms with E-state index in [0.717, 1.165) is 49.6 Å². The maximum absolute atomic E-state index is 5.50. The lowest BCUT2D eigenvalue weighted by Crippen LogP contribution is -2.07. The van der Waals surface area contributed by atoms with E-state index in [1.165, 1.54) is 58.1 Å². The van der Waals surface area contributed by atoms with Gasteiger partial charge in [-0.15, -0.1) is 11.3 Å². The summed E-state index contributed by atoms with van der Waals surface area (Å²) in [5, 5.41) is 12.1. The van der Waals surface area contributed by atoms with Gasteiger partial charge in [-0.25, -0.2) is 4.98 Å². The van der Waals surface area contributed by atoms with Crippen LogP contribution in [-0.2, 0) is 0 Å². The Hall–Kier alpha value is -7.99. The molecule has 0 radical (unpaired) electrons. The normalized spacial score (nSPS) is 11.9. The third kappa shape index (κ3) is 5.29. The van der Waals surface area contributed by atoms with Crippen molar-refractivity contribution >= 4 is 85.6 Å². The van der Waals surface area contributed by atoms with Crippen LogP contribution in [0.1, 0.15) is 0 Å². The molecule has 0 bridgehead atoms. The van der Waals surface area contributed by atoms with Crippen molar-refractivity contribution in [3.63, 3.8) is 0 Å². The zero-order valence-corrected chi connectivity index (χ0v) is 34.1. The maximum atomic E-state index is 5.50. The van der Waals surface area contributed by atoms with E-state index in [9.17, 15) is 0 Å².